The van der Waals surface area contributed by atoms with E-state index >= 15 is 0 Å². The molecule has 2 rings (SSSR count). The van der Waals surface area contributed by atoms with Crippen molar-refractivity contribution in [2.45, 2.75) is 13.8 Å². The Morgan fingerprint density at radius 3 is 2.58 bits per heavy atom. The van der Waals surface area contributed by atoms with Crippen molar-refractivity contribution < 1.29 is 0 Å². The molecular weight excluding hydrogens is 148 g/mol. The first-order valence-corrected chi connectivity index (χ1v) is 3.95. The van der Waals surface area contributed by atoms with Gasteiger partial charge in [-0.3, -0.25) is 0 Å². The Labute approximate surface area is 71.3 Å². The van der Waals surface area contributed by atoms with Gasteiger partial charge in [-0.25, -0.2) is 0 Å². The zero-order chi connectivity index (χ0) is 8.55. The minimum Gasteiger partial charge on any atom is -0.158 e. The van der Waals surface area contributed by atoms with Crippen LogP contribution in [0.3, 0.4) is 0 Å². The minimum atomic E-state index is 1.16. The van der Waals surface area contributed by atoms with Crippen LogP contribution in [-0.4, -0.2) is 10.2 Å². The molecule has 0 radical (unpaired) electrons. The summed E-state index contributed by atoms with van der Waals surface area (Å²) in [5, 5.41) is 10.1. The van der Waals surface area contributed by atoms with Crippen molar-refractivity contribution in [2.24, 2.45) is 0 Å². The lowest BCUT2D eigenvalue weighted by Gasteiger charge is -2.02. The zero-order valence-electron chi connectivity index (χ0n) is 7.20. The van der Waals surface area contributed by atoms with Crippen molar-refractivity contribution in [1.82, 2.24) is 10.2 Å². The van der Waals surface area contributed by atoms with E-state index in [1.807, 2.05) is 6.20 Å². The van der Waals surface area contributed by atoms with Gasteiger partial charge in [-0.05, 0) is 25.0 Å². The van der Waals surface area contributed by atoms with Gasteiger partial charge in [-0.15, -0.1) is 0 Å². The van der Waals surface area contributed by atoms with Crippen LogP contribution in [0.2, 0.25) is 0 Å². The van der Waals surface area contributed by atoms with E-state index in [0.717, 1.165) is 5.39 Å². The molecule has 0 saturated carbocycles. The number of aryl methyl sites for hydroxylation is 2. The van der Waals surface area contributed by atoms with Crippen LogP contribution in [-0.2, 0) is 0 Å². The molecular formula is C10H10N2. The number of aromatic nitrogens is 2. The molecule has 0 aliphatic heterocycles. The molecule has 0 unspecified atom stereocenters. The predicted octanol–water partition coefficient (Wildman–Crippen LogP) is 2.25. The van der Waals surface area contributed by atoms with E-state index in [1.54, 1.807) is 6.20 Å². The predicted molar refractivity (Wildman–Crippen MR) is 49.0 cm³/mol. The normalized spacial score (nSPS) is 10.5. The molecule has 0 amide bonds. The van der Waals surface area contributed by atoms with E-state index in [1.165, 1.54) is 16.5 Å². The van der Waals surface area contributed by atoms with E-state index in [2.05, 4.69) is 36.2 Å². The van der Waals surface area contributed by atoms with Gasteiger partial charge in [0.15, 0.2) is 0 Å². The second-order valence-corrected chi connectivity index (χ2v) is 3.00. The van der Waals surface area contributed by atoms with Crippen molar-refractivity contribution in [3.63, 3.8) is 0 Å². The van der Waals surface area contributed by atoms with Crippen LogP contribution in [0.15, 0.2) is 24.5 Å². The molecule has 0 N–H and O–H groups in total. The van der Waals surface area contributed by atoms with Crippen LogP contribution < -0.4 is 0 Å². The van der Waals surface area contributed by atoms with Crippen molar-refractivity contribution in [2.75, 3.05) is 0 Å². The fourth-order valence-electron chi connectivity index (χ4n) is 1.33. The molecule has 0 saturated heterocycles. The summed E-state index contributed by atoms with van der Waals surface area (Å²) in [6.45, 7) is 4.22. The van der Waals surface area contributed by atoms with Gasteiger partial charge < -0.3 is 0 Å². The van der Waals surface area contributed by atoms with Crippen molar-refractivity contribution in [3.05, 3.63) is 35.7 Å². The molecule has 0 spiro atoms. The van der Waals surface area contributed by atoms with Crippen molar-refractivity contribution in [1.29, 1.82) is 0 Å². The lowest BCUT2D eigenvalue weighted by Crippen LogP contribution is -1.86. The average molecular weight is 158 g/mol. The number of rotatable bonds is 0. The molecule has 0 fully saturated rings. The maximum atomic E-state index is 3.86. The highest BCUT2D eigenvalue weighted by atomic mass is 15.1. The summed E-state index contributed by atoms with van der Waals surface area (Å²) < 4.78 is 0. The highest BCUT2D eigenvalue weighted by Gasteiger charge is 1.98. The van der Waals surface area contributed by atoms with E-state index in [-0.39, 0.29) is 0 Å². The standard InChI is InChI=1S/C10H10N2/c1-7-3-4-9-5-11-12-6-10(9)8(7)2/h3-6H,1-2H3. The quantitative estimate of drug-likeness (QED) is 0.587. The van der Waals surface area contributed by atoms with E-state index < -0.39 is 0 Å². The summed E-state index contributed by atoms with van der Waals surface area (Å²) in [6.07, 6.45) is 3.61. The average Bonchev–Trinajstić information content (AvgIpc) is 2.12. The molecule has 2 heteroatoms. The van der Waals surface area contributed by atoms with Crippen LogP contribution in [0.5, 0.6) is 0 Å². The Kier molecular flexibility index (Phi) is 1.54. The fraction of sp³-hybridized carbons (Fsp3) is 0.200. The number of benzene rings is 1. The molecule has 2 aromatic rings. The van der Waals surface area contributed by atoms with Crippen LogP contribution in [0.1, 0.15) is 11.1 Å². The van der Waals surface area contributed by atoms with Gasteiger partial charge in [0.2, 0.25) is 0 Å². The molecule has 0 atom stereocenters. The van der Waals surface area contributed by atoms with Crippen molar-refractivity contribution >= 4 is 10.8 Å². The lowest BCUT2D eigenvalue weighted by molar-refractivity contribution is 1.05. The molecule has 1 aromatic carbocycles. The molecule has 60 valence electrons. The van der Waals surface area contributed by atoms with Gasteiger partial charge in [0.1, 0.15) is 0 Å². The smallest absolute Gasteiger partial charge is 0.0577 e. The molecule has 0 aliphatic carbocycles. The topological polar surface area (TPSA) is 25.8 Å². The second-order valence-electron chi connectivity index (χ2n) is 3.00. The fourth-order valence-corrected chi connectivity index (χ4v) is 1.33. The van der Waals surface area contributed by atoms with Crippen LogP contribution in [0, 0.1) is 13.8 Å². The summed E-state index contributed by atoms with van der Waals surface area (Å²) >= 11 is 0. The van der Waals surface area contributed by atoms with Gasteiger partial charge in [0.25, 0.3) is 0 Å². The number of hydrogen-bond donors (Lipinski definition) is 0. The van der Waals surface area contributed by atoms with Gasteiger partial charge in [-0.2, -0.15) is 10.2 Å². The molecule has 12 heavy (non-hydrogen) atoms. The van der Waals surface area contributed by atoms with Gasteiger partial charge in [0.05, 0.1) is 12.4 Å². The summed E-state index contributed by atoms with van der Waals surface area (Å²) in [6, 6.07) is 4.19. The lowest BCUT2D eigenvalue weighted by atomic mass is 10.0. The SMILES string of the molecule is Cc1ccc2cnncc2c1C. The summed E-state index contributed by atoms with van der Waals surface area (Å²) in [5.74, 6) is 0. The van der Waals surface area contributed by atoms with Crippen LogP contribution in [0.25, 0.3) is 10.8 Å². The van der Waals surface area contributed by atoms with Crippen LogP contribution in [0.4, 0.5) is 0 Å². The summed E-state index contributed by atoms with van der Waals surface area (Å²) in [7, 11) is 0. The summed E-state index contributed by atoms with van der Waals surface area (Å²) in [4.78, 5) is 0. The number of fused-ring (bicyclic) bond motifs is 1. The first-order valence-electron chi connectivity index (χ1n) is 3.95. The van der Waals surface area contributed by atoms with E-state index in [9.17, 15) is 0 Å². The maximum Gasteiger partial charge on any atom is 0.0577 e. The van der Waals surface area contributed by atoms with E-state index in [0.29, 0.717) is 0 Å². The Hall–Kier alpha value is -1.44. The third-order valence-corrected chi connectivity index (χ3v) is 2.27. The molecule has 0 aliphatic rings. The Morgan fingerprint density at radius 2 is 1.75 bits per heavy atom. The third kappa shape index (κ3) is 0.961. The largest absolute Gasteiger partial charge is 0.158 e. The molecule has 2 nitrogen and oxygen atoms in total. The molecule has 1 heterocycles. The van der Waals surface area contributed by atoms with E-state index in [4.69, 9.17) is 0 Å². The number of nitrogens with zero attached hydrogens (tertiary/aromatic N) is 2. The van der Waals surface area contributed by atoms with Gasteiger partial charge in [0, 0.05) is 10.8 Å². The molecule has 0 bridgehead atoms. The van der Waals surface area contributed by atoms with Crippen molar-refractivity contribution in [3.8, 4) is 0 Å². The Bertz CT molecular complexity index is 421. The zero-order valence-corrected chi connectivity index (χ0v) is 7.20. The summed E-state index contributed by atoms with van der Waals surface area (Å²) in [5.41, 5.74) is 2.60. The first-order chi connectivity index (χ1) is 5.79. The number of hydrogen-bond acceptors (Lipinski definition) is 2. The first kappa shape index (κ1) is 7.22. The Balaban J connectivity index is 2.91. The highest BCUT2D eigenvalue weighted by molar-refractivity contribution is 5.84. The van der Waals surface area contributed by atoms with Gasteiger partial charge in [-0.1, -0.05) is 12.1 Å². The monoisotopic (exact) mass is 158 g/mol. The van der Waals surface area contributed by atoms with Crippen LogP contribution >= 0.6 is 0 Å². The Morgan fingerprint density at radius 1 is 1.00 bits per heavy atom. The van der Waals surface area contributed by atoms with Gasteiger partial charge >= 0.3 is 0 Å². The minimum absolute atomic E-state index is 1.16. The highest BCUT2D eigenvalue weighted by Crippen LogP contribution is 2.18. The second kappa shape index (κ2) is 2.55. The third-order valence-electron chi connectivity index (χ3n) is 2.27. The molecule has 1 aromatic heterocycles. The maximum absolute atomic E-state index is 3.86.